The normalized spacial score (nSPS) is 12.1. The van der Waals surface area contributed by atoms with E-state index in [0.717, 1.165) is 0 Å². The molecule has 0 atom stereocenters. The molecular weight excluding hydrogens is 472 g/mol. The van der Waals surface area contributed by atoms with Gasteiger partial charge in [-0.05, 0) is 61.0 Å². The molecule has 2 amide bonds. The number of anilines is 1. The average molecular weight is 493 g/mol. The molecule has 1 heterocycles. The molecule has 0 saturated carbocycles. The van der Waals surface area contributed by atoms with Crippen LogP contribution in [-0.2, 0) is 9.53 Å². The number of ether oxygens (including phenoxy) is 3. The van der Waals surface area contributed by atoms with E-state index in [9.17, 15) is 14.4 Å². The number of fused-ring (bicyclic) bond motifs is 1. The topological polar surface area (TPSA) is 103 Å². The van der Waals surface area contributed by atoms with E-state index in [1.807, 2.05) is 0 Å². The summed E-state index contributed by atoms with van der Waals surface area (Å²) in [5, 5.41) is 5.58. The van der Waals surface area contributed by atoms with E-state index in [-0.39, 0.29) is 35.2 Å². The van der Waals surface area contributed by atoms with Gasteiger partial charge in [-0.25, -0.2) is 4.79 Å². The van der Waals surface area contributed by atoms with E-state index in [1.54, 1.807) is 67.6 Å². The van der Waals surface area contributed by atoms with E-state index in [2.05, 4.69) is 10.6 Å². The molecule has 1 aliphatic rings. The number of hydrogen-bond donors (Lipinski definition) is 2. The third-order valence-electron chi connectivity index (χ3n) is 4.95. The highest BCUT2D eigenvalue weighted by Crippen LogP contribution is 2.33. The summed E-state index contributed by atoms with van der Waals surface area (Å²) < 4.78 is 15.7. The highest BCUT2D eigenvalue weighted by atomic mass is 35.5. The molecule has 9 heteroatoms. The first-order chi connectivity index (χ1) is 16.9. The fourth-order valence-electron chi connectivity index (χ4n) is 3.30. The van der Waals surface area contributed by atoms with E-state index in [0.29, 0.717) is 22.7 Å². The largest absolute Gasteiger partial charge is 0.462 e. The Labute approximate surface area is 206 Å². The summed E-state index contributed by atoms with van der Waals surface area (Å²) in [5.74, 6) is -0.559. The minimum atomic E-state index is -0.607. The predicted molar refractivity (Wildman–Crippen MR) is 130 cm³/mol. The van der Waals surface area contributed by atoms with Gasteiger partial charge in [0.05, 0.1) is 22.8 Å². The van der Waals surface area contributed by atoms with Gasteiger partial charge in [0.25, 0.3) is 11.8 Å². The number of carbonyl (C=O) groups excluding carboxylic acids is 3. The summed E-state index contributed by atoms with van der Waals surface area (Å²) in [6.45, 7) is 2.04. The SMILES string of the molecule is CCOC(=O)c1cccc(NC(=O)C(=Cc2ccc3c(c2)OCO3)NC(=O)c2ccccc2Cl)c1. The van der Waals surface area contributed by atoms with Gasteiger partial charge in [-0.15, -0.1) is 0 Å². The van der Waals surface area contributed by atoms with Crippen molar-refractivity contribution in [1.82, 2.24) is 5.32 Å². The fourth-order valence-corrected chi connectivity index (χ4v) is 3.52. The second-order valence-electron chi connectivity index (χ2n) is 7.36. The molecule has 2 N–H and O–H groups in total. The Bertz CT molecular complexity index is 1320. The number of amides is 2. The van der Waals surface area contributed by atoms with Crippen molar-refractivity contribution in [1.29, 1.82) is 0 Å². The lowest BCUT2D eigenvalue weighted by molar-refractivity contribution is -0.113. The van der Waals surface area contributed by atoms with Gasteiger partial charge >= 0.3 is 5.97 Å². The van der Waals surface area contributed by atoms with Crippen LogP contribution in [0.3, 0.4) is 0 Å². The first-order valence-electron chi connectivity index (χ1n) is 10.7. The molecule has 0 aromatic heterocycles. The van der Waals surface area contributed by atoms with Gasteiger partial charge in [-0.1, -0.05) is 35.9 Å². The maximum absolute atomic E-state index is 13.2. The van der Waals surface area contributed by atoms with Gasteiger partial charge in [-0.3, -0.25) is 9.59 Å². The summed E-state index contributed by atoms with van der Waals surface area (Å²) in [4.78, 5) is 38.2. The number of benzene rings is 3. The molecule has 8 nitrogen and oxygen atoms in total. The van der Waals surface area contributed by atoms with Crippen molar-refractivity contribution < 1.29 is 28.6 Å². The van der Waals surface area contributed by atoms with E-state index < -0.39 is 17.8 Å². The lowest BCUT2D eigenvalue weighted by Gasteiger charge is -2.13. The molecule has 1 aliphatic heterocycles. The molecule has 0 radical (unpaired) electrons. The smallest absolute Gasteiger partial charge is 0.338 e. The third kappa shape index (κ3) is 5.80. The zero-order valence-electron chi connectivity index (χ0n) is 18.7. The Morgan fingerprint density at radius 3 is 2.60 bits per heavy atom. The molecule has 0 saturated heterocycles. The van der Waals surface area contributed by atoms with Gasteiger partial charge in [0.1, 0.15) is 5.70 Å². The Hall–Kier alpha value is -4.30. The Kier molecular flexibility index (Phi) is 7.32. The van der Waals surface area contributed by atoms with E-state index >= 15 is 0 Å². The second kappa shape index (κ2) is 10.8. The molecule has 3 aromatic rings. The number of esters is 1. The lowest BCUT2D eigenvalue weighted by atomic mass is 10.1. The molecule has 0 aliphatic carbocycles. The van der Waals surface area contributed by atoms with Gasteiger partial charge in [-0.2, -0.15) is 0 Å². The molecule has 0 spiro atoms. The van der Waals surface area contributed by atoms with Crippen LogP contribution in [0.1, 0.15) is 33.2 Å². The summed E-state index contributed by atoms with van der Waals surface area (Å²) in [6, 6.07) is 17.9. The summed E-state index contributed by atoms with van der Waals surface area (Å²) in [7, 11) is 0. The monoisotopic (exact) mass is 492 g/mol. The van der Waals surface area contributed by atoms with Crippen molar-refractivity contribution in [3.63, 3.8) is 0 Å². The number of carbonyl (C=O) groups is 3. The van der Waals surface area contributed by atoms with Crippen LogP contribution in [0.2, 0.25) is 5.02 Å². The van der Waals surface area contributed by atoms with Gasteiger partial charge < -0.3 is 24.8 Å². The average Bonchev–Trinajstić information content (AvgIpc) is 3.32. The molecular formula is C26H21ClN2O6. The molecule has 178 valence electrons. The minimum absolute atomic E-state index is 0.0460. The number of halogens is 1. The highest BCUT2D eigenvalue weighted by molar-refractivity contribution is 6.34. The molecule has 35 heavy (non-hydrogen) atoms. The van der Waals surface area contributed by atoms with Crippen molar-refractivity contribution in [2.75, 3.05) is 18.7 Å². The maximum atomic E-state index is 13.2. The first kappa shape index (κ1) is 23.8. The van der Waals surface area contributed by atoms with Crippen LogP contribution in [0.5, 0.6) is 11.5 Å². The van der Waals surface area contributed by atoms with Crippen molar-refractivity contribution in [3.05, 3.63) is 94.1 Å². The van der Waals surface area contributed by atoms with Crippen molar-refractivity contribution in [2.24, 2.45) is 0 Å². The minimum Gasteiger partial charge on any atom is -0.462 e. The molecule has 3 aromatic carbocycles. The van der Waals surface area contributed by atoms with Crippen molar-refractivity contribution in [2.45, 2.75) is 6.92 Å². The Morgan fingerprint density at radius 1 is 1.00 bits per heavy atom. The fraction of sp³-hybridized carbons (Fsp3) is 0.115. The Balaban J connectivity index is 1.63. The van der Waals surface area contributed by atoms with Crippen molar-refractivity contribution in [3.8, 4) is 11.5 Å². The highest BCUT2D eigenvalue weighted by Gasteiger charge is 2.19. The molecule has 0 fully saturated rings. The maximum Gasteiger partial charge on any atom is 0.338 e. The third-order valence-corrected chi connectivity index (χ3v) is 5.28. The summed E-state index contributed by atoms with van der Waals surface area (Å²) in [5.41, 5.74) is 1.40. The van der Waals surface area contributed by atoms with Crippen LogP contribution >= 0.6 is 11.6 Å². The van der Waals surface area contributed by atoms with E-state index in [1.165, 1.54) is 12.1 Å². The predicted octanol–water partition coefficient (Wildman–Crippen LogP) is 4.66. The van der Waals surface area contributed by atoms with Crippen LogP contribution in [0.4, 0.5) is 5.69 Å². The standard InChI is InChI=1S/C26H21ClN2O6/c1-2-33-26(32)17-6-5-7-18(14-17)28-25(31)21(29-24(30)19-8-3-4-9-20(19)27)12-16-10-11-22-23(13-16)35-15-34-22/h3-14H,2,15H2,1H3,(H,28,31)(H,29,30). The van der Waals surface area contributed by atoms with Gasteiger partial charge in [0, 0.05) is 5.69 Å². The zero-order valence-corrected chi connectivity index (χ0v) is 19.4. The van der Waals surface area contributed by atoms with Crippen LogP contribution in [0.15, 0.2) is 72.4 Å². The van der Waals surface area contributed by atoms with Crippen molar-refractivity contribution >= 4 is 41.1 Å². The van der Waals surface area contributed by atoms with Crippen LogP contribution in [-0.4, -0.2) is 31.2 Å². The van der Waals surface area contributed by atoms with Crippen LogP contribution in [0.25, 0.3) is 6.08 Å². The first-order valence-corrected chi connectivity index (χ1v) is 11.1. The van der Waals surface area contributed by atoms with Crippen LogP contribution < -0.4 is 20.1 Å². The van der Waals surface area contributed by atoms with Crippen LogP contribution in [0, 0.1) is 0 Å². The van der Waals surface area contributed by atoms with E-state index in [4.69, 9.17) is 25.8 Å². The molecule has 0 bridgehead atoms. The number of hydrogen-bond acceptors (Lipinski definition) is 6. The number of nitrogens with one attached hydrogen (secondary N) is 2. The molecule has 4 rings (SSSR count). The second-order valence-corrected chi connectivity index (χ2v) is 7.77. The number of rotatable bonds is 7. The quantitative estimate of drug-likeness (QED) is 0.367. The summed E-state index contributed by atoms with van der Waals surface area (Å²) >= 11 is 6.15. The van der Waals surface area contributed by atoms with Gasteiger partial charge in [0.15, 0.2) is 11.5 Å². The summed E-state index contributed by atoms with van der Waals surface area (Å²) in [6.07, 6.45) is 1.50. The molecule has 0 unspecified atom stereocenters. The Morgan fingerprint density at radius 2 is 1.80 bits per heavy atom. The zero-order chi connectivity index (χ0) is 24.8. The lowest BCUT2D eigenvalue weighted by Crippen LogP contribution is -2.31. The van der Waals surface area contributed by atoms with Gasteiger partial charge in [0.2, 0.25) is 6.79 Å².